The third kappa shape index (κ3) is 1.52. The van der Waals surface area contributed by atoms with E-state index >= 15 is 0 Å². The van der Waals surface area contributed by atoms with E-state index in [0.29, 0.717) is 22.4 Å². The van der Waals surface area contributed by atoms with Gasteiger partial charge in [0.15, 0.2) is 0 Å². The Hall–Kier alpha value is -1.74. The van der Waals surface area contributed by atoms with Crippen LogP contribution in [0, 0.1) is 17.8 Å². The quantitative estimate of drug-likeness (QED) is 0.854. The number of piperidine rings is 1. The SMILES string of the molecule is O=c1c(Cl)c(N2CC3C4C2C34c2ccccc2)ccn1CC1CC1. The number of nitrogens with zero attached hydrogens (tertiary/aromatic N) is 2. The van der Waals surface area contributed by atoms with Gasteiger partial charge in [-0.15, -0.1) is 0 Å². The van der Waals surface area contributed by atoms with Crippen LogP contribution in [0.25, 0.3) is 0 Å². The molecule has 1 aromatic heterocycles. The van der Waals surface area contributed by atoms with Gasteiger partial charge in [-0.05, 0) is 42.2 Å². The molecule has 2 saturated heterocycles. The van der Waals surface area contributed by atoms with Gasteiger partial charge in [-0.1, -0.05) is 41.9 Å². The first-order chi connectivity index (χ1) is 11.7. The van der Waals surface area contributed by atoms with Crippen LogP contribution < -0.4 is 10.5 Å². The Balaban J connectivity index is 1.33. The molecule has 5 aliphatic rings. The smallest absolute Gasteiger partial charge is 0.271 e. The number of hydrogen-bond acceptors (Lipinski definition) is 2. The minimum absolute atomic E-state index is 0.0195. The summed E-state index contributed by atoms with van der Waals surface area (Å²) < 4.78 is 1.80. The van der Waals surface area contributed by atoms with Gasteiger partial charge in [-0.2, -0.15) is 0 Å². The summed E-state index contributed by atoms with van der Waals surface area (Å²) in [5.41, 5.74) is 2.74. The predicted molar refractivity (Wildman–Crippen MR) is 94.7 cm³/mol. The Bertz CT molecular complexity index is 898. The van der Waals surface area contributed by atoms with E-state index in [-0.39, 0.29) is 5.56 Å². The van der Waals surface area contributed by atoms with Crippen LogP contribution >= 0.6 is 11.6 Å². The van der Waals surface area contributed by atoms with Crippen molar-refractivity contribution in [3.05, 3.63) is 63.5 Å². The molecule has 1 aromatic carbocycles. The van der Waals surface area contributed by atoms with Crippen LogP contribution in [0.1, 0.15) is 18.4 Å². The van der Waals surface area contributed by atoms with Crippen molar-refractivity contribution in [1.29, 1.82) is 0 Å². The molecule has 122 valence electrons. The summed E-state index contributed by atoms with van der Waals surface area (Å²) in [5.74, 6) is 2.19. The first kappa shape index (κ1) is 13.5. The first-order valence-corrected chi connectivity index (χ1v) is 9.32. The predicted octanol–water partition coefficient (Wildman–Crippen LogP) is 3.30. The maximum atomic E-state index is 12.6. The van der Waals surface area contributed by atoms with Crippen LogP contribution in [0.15, 0.2) is 47.4 Å². The van der Waals surface area contributed by atoms with Crippen LogP contribution in [0.5, 0.6) is 0 Å². The zero-order valence-electron chi connectivity index (χ0n) is 13.4. The van der Waals surface area contributed by atoms with Gasteiger partial charge in [0.1, 0.15) is 5.02 Å². The van der Waals surface area contributed by atoms with Gasteiger partial charge in [0, 0.05) is 30.7 Å². The molecule has 24 heavy (non-hydrogen) atoms. The lowest BCUT2D eigenvalue weighted by molar-refractivity contribution is 0.606. The second kappa shape index (κ2) is 4.26. The molecule has 4 heteroatoms. The van der Waals surface area contributed by atoms with Crippen molar-refractivity contribution in [2.75, 3.05) is 11.4 Å². The molecular formula is C20H19ClN2O. The summed E-state index contributed by atoms with van der Waals surface area (Å²) in [4.78, 5) is 15.0. The van der Waals surface area contributed by atoms with E-state index in [4.69, 9.17) is 11.6 Å². The van der Waals surface area contributed by atoms with E-state index < -0.39 is 0 Å². The average molecular weight is 339 g/mol. The van der Waals surface area contributed by atoms with Gasteiger partial charge >= 0.3 is 0 Å². The lowest BCUT2D eigenvalue weighted by Gasteiger charge is -2.21. The molecule has 2 bridgehead atoms. The largest absolute Gasteiger partial charge is 0.366 e. The Morgan fingerprint density at radius 1 is 1.17 bits per heavy atom. The van der Waals surface area contributed by atoms with Crippen molar-refractivity contribution in [2.45, 2.75) is 30.8 Å². The summed E-state index contributed by atoms with van der Waals surface area (Å²) in [7, 11) is 0. The molecule has 0 N–H and O–H groups in total. The second-order valence-corrected chi connectivity index (χ2v) is 8.32. The Morgan fingerprint density at radius 3 is 2.67 bits per heavy atom. The topological polar surface area (TPSA) is 25.2 Å². The molecule has 3 nitrogen and oxygen atoms in total. The zero-order chi connectivity index (χ0) is 16.1. The molecule has 0 radical (unpaired) electrons. The minimum Gasteiger partial charge on any atom is -0.366 e. The first-order valence-electron chi connectivity index (χ1n) is 8.94. The fraction of sp³-hybridized carbons (Fsp3) is 0.450. The number of anilines is 1. The minimum atomic E-state index is -0.0195. The molecule has 0 spiro atoms. The summed E-state index contributed by atoms with van der Waals surface area (Å²) in [6.07, 6.45) is 4.42. The standard InChI is InChI=1S/C20H19ClN2O/c21-17-15(8-9-22(19(17)24)10-12-6-7-12)23-11-14-16-18(23)20(14,16)13-4-2-1-3-5-13/h1-5,8-9,12,14,16,18H,6-7,10-11H2. The lowest BCUT2D eigenvalue weighted by Crippen LogP contribution is -2.28. The normalized spacial score (nSPS) is 35.0. The van der Waals surface area contributed by atoms with Crippen molar-refractivity contribution < 1.29 is 0 Å². The number of halogens is 1. The summed E-state index contributed by atoms with van der Waals surface area (Å²) in [5, 5.41) is 0.410. The summed E-state index contributed by atoms with van der Waals surface area (Å²) in [6.45, 7) is 1.86. The fourth-order valence-electron chi connectivity index (χ4n) is 5.32. The molecular weight excluding hydrogens is 320 g/mol. The van der Waals surface area contributed by atoms with Gasteiger partial charge in [-0.3, -0.25) is 4.79 Å². The number of hydrogen-bond donors (Lipinski definition) is 0. The number of aromatic nitrogens is 1. The third-order valence-electron chi connectivity index (χ3n) is 6.76. The van der Waals surface area contributed by atoms with Gasteiger partial charge in [-0.25, -0.2) is 0 Å². The molecule has 0 amide bonds. The molecule has 3 aliphatic carbocycles. The summed E-state index contributed by atoms with van der Waals surface area (Å²) >= 11 is 6.49. The van der Waals surface area contributed by atoms with E-state index in [1.807, 2.05) is 6.20 Å². The van der Waals surface area contributed by atoms with Gasteiger partial charge in [0.2, 0.25) is 0 Å². The van der Waals surface area contributed by atoms with Crippen LogP contribution in [-0.2, 0) is 12.0 Å². The monoisotopic (exact) mass is 338 g/mol. The third-order valence-corrected chi connectivity index (χ3v) is 7.12. The molecule has 2 aliphatic heterocycles. The molecule has 4 unspecified atom stereocenters. The van der Waals surface area contributed by atoms with Crippen LogP contribution in [0.4, 0.5) is 5.69 Å². The van der Waals surface area contributed by atoms with E-state index in [2.05, 4.69) is 41.3 Å². The molecule has 3 saturated carbocycles. The maximum Gasteiger partial charge on any atom is 0.271 e. The highest BCUT2D eigenvalue weighted by Crippen LogP contribution is 2.85. The Morgan fingerprint density at radius 2 is 1.96 bits per heavy atom. The number of rotatable bonds is 4. The van der Waals surface area contributed by atoms with Crippen molar-refractivity contribution >= 4 is 17.3 Å². The fourth-order valence-corrected chi connectivity index (χ4v) is 5.60. The highest BCUT2D eigenvalue weighted by Gasteiger charge is 2.92. The van der Waals surface area contributed by atoms with Crippen molar-refractivity contribution in [3.63, 3.8) is 0 Å². The van der Waals surface area contributed by atoms with E-state index in [1.54, 1.807) is 4.57 Å². The van der Waals surface area contributed by atoms with Crippen LogP contribution in [0.3, 0.4) is 0 Å². The molecule has 5 fully saturated rings. The lowest BCUT2D eigenvalue weighted by atomic mass is 9.98. The number of fused-ring (bicyclic) bond motifs is 1. The molecule has 4 atom stereocenters. The Labute approximate surface area is 145 Å². The van der Waals surface area contributed by atoms with Crippen molar-refractivity contribution in [3.8, 4) is 0 Å². The maximum absolute atomic E-state index is 12.6. The second-order valence-electron chi connectivity index (χ2n) is 7.94. The van der Waals surface area contributed by atoms with Gasteiger partial charge in [0.05, 0.1) is 5.69 Å². The van der Waals surface area contributed by atoms with E-state index in [1.165, 1.54) is 18.4 Å². The average Bonchev–Trinajstić information content (AvgIpc) is 3.55. The molecule has 3 heterocycles. The van der Waals surface area contributed by atoms with E-state index in [9.17, 15) is 4.79 Å². The zero-order valence-corrected chi connectivity index (χ0v) is 14.1. The molecule has 2 aromatic rings. The van der Waals surface area contributed by atoms with E-state index in [0.717, 1.165) is 30.6 Å². The van der Waals surface area contributed by atoms with Crippen molar-refractivity contribution in [2.24, 2.45) is 17.8 Å². The number of pyridine rings is 1. The van der Waals surface area contributed by atoms with Gasteiger partial charge < -0.3 is 9.47 Å². The molecule has 7 rings (SSSR count). The highest BCUT2D eigenvalue weighted by molar-refractivity contribution is 6.33. The highest BCUT2D eigenvalue weighted by atomic mass is 35.5. The van der Waals surface area contributed by atoms with Crippen LogP contribution in [0.2, 0.25) is 5.02 Å². The van der Waals surface area contributed by atoms with Gasteiger partial charge in [0.25, 0.3) is 5.56 Å². The summed E-state index contributed by atoms with van der Waals surface area (Å²) in [6, 6.07) is 13.5. The van der Waals surface area contributed by atoms with Crippen molar-refractivity contribution in [1.82, 2.24) is 4.57 Å². The van der Waals surface area contributed by atoms with Crippen LogP contribution in [-0.4, -0.2) is 17.2 Å². The Kier molecular flexibility index (Phi) is 2.40. The number of benzene rings is 1.